The largest absolute Gasteiger partial charge is 0.0714 e. The highest BCUT2D eigenvalue weighted by Gasteiger charge is 2.46. The molecule has 1 aliphatic rings. The molecular weight excluding hydrogens is 500 g/mol. The molecule has 0 aromatic heterocycles. The van der Waals surface area contributed by atoms with Gasteiger partial charge in [-0.2, -0.15) is 0 Å². The average Bonchev–Trinajstić information content (AvgIpc) is 3.23. The lowest BCUT2D eigenvalue weighted by Gasteiger charge is -2.34. The van der Waals surface area contributed by atoms with Crippen LogP contribution in [0.5, 0.6) is 0 Å². The zero-order valence-corrected chi connectivity index (χ0v) is 21.2. The van der Waals surface area contributed by atoms with Crippen LogP contribution < -0.4 is 0 Å². The van der Waals surface area contributed by atoms with Gasteiger partial charge in [0.05, 0.1) is 5.41 Å². The van der Waals surface area contributed by atoms with Crippen LogP contribution in [-0.4, -0.2) is 0 Å². The van der Waals surface area contributed by atoms with Crippen LogP contribution in [0.15, 0.2) is 144 Å². The number of benzene rings is 6. The zero-order valence-electron chi connectivity index (χ0n) is 19.7. The van der Waals surface area contributed by atoms with Crippen LogP contribution in [0.1, 0.15) is 22.3 Å². The van der Waals surface area contributed by atoms with E-state index in [0.29, 0.717) is 0 Å². The monoisotopic (exact) mass is 522 g/mol. The molecule has 0 fully saturated rings. The highest BCUT2D eigenvalue weighted by molar-refractivity contribution is 9.10. The van der Waals surface area contributed by atoms with E-state index >= 15 is 0 Å². The minimum absolute atomic E-state index is 0.399. The van der Waals surface area contributed by atoms with Crippen LogP contribution >= 0.6 is 15.9 Å². The predicted octanol–water partition coefficient (Wildman–Crippen LogP) is 9.63. The van der Waals surface area contributed by atoms with Crippen LogP contribution in [0.4, 0.5) is 0 Å². The summed E-state index contributed by atoms with van der Waals surface area (Å²) in [4.78, 5) is 0. The molecule has 0 bridgehead atoms. The summed E-state index contributed by atoms with van der Waals surface area (Å²) in [5.74, 6) is 0. The van der Waals surface area contributed by atoms with E-state index in [1.807, 2.05) is 0 Å². The first-order valence-electron chi connectivity index (χ1n) is 12.3. The van der Waals surface area contributed by atoms with Gasteiger partial charge in [-0.1, -0.05) is 131 Å². The Morgan fingerprint density at radius 3 is 1.64 bits per heavy atom. The van der Waals surface area contributed by atoms with E-state index in [1.165, 1.54) is 55.3 Å². The summed E-state index contributed by atoms with van der Waals surface area (Å²) < 4.78 is 1.10. The maximum Gasteiger partial charge on any atom is 0.0714 e. The van der Waals surface area contributed by atoms with Gasteiger partial charge in [0, 0.05) is 4.47 Å². The summed E-state index contributed by atoms with van der Waals surface area (Å²) in [6.45, 7) is 0. The van der Waals surface area contributed by atoms with Gasteiger partial charge in [-0.05, 0) is 79.5 Å². The van der Waals surface area contributed by atoms with Crippen LogP contribution in [0.2, 0.25) is 0 Å². The topological polar surface area (TPSA) is 0 Å². The Morgan fingerprint density at radius 2 is 0.944 bits per heavy atom. The maximum absolute atomic E-state index is 3.78. The third-order valence-electron chi connectivity index (χ3n) is 7.60. The summed E-state index contributed by atoms with van der Waals surface area (Å²) in [6, 6.07) is 51.0. The Hall–Kier alpha value is -3.94. The molecular formula is C35H23Br. The van der Waals surface area contributed by atoms with E-state index in [9.17, 15) is 0 Å². The van der Waals surface area contributed by atoms with Gasteiger partial charge >= 0.3 is 0 Å². The SMILES string of the molecule is Brc1ccc2c(c1)C(c1ccccc1)(c1ccccc1)c1cc(-c3ccc4ccccc4c3)ccc1-2. The zero-order chi connectivity index (χ0) is 24.1. The molecule has 1 aliphatic carbocycles. The van der Waals surface area contributed by atoms with Crippen LogP contribution in [0.25, 0.3) is 33.0 Å². The van der Waals surface area contributed by atoms with Crippen molar-refractivity contribution >= 4 is 26.7 Å². The van der Waals surface area contributed by atoms with Crippen LogP contribution in [0, 0.1) is 0 Å². The molecule has 170 valence electrons. The van der Waals surface area contributed by atoms with Crippen molar-refractivity contribution in [2.24, 2.45) is 0 Å². The van der Waals surface area contributed by atoms with Gasteiger partial charge in [-0.25, -0.2) is 0 Å². The van der Waals surface area contributed by atoms with Gasteiger partial charge < -0.3 is 0 Å². The summed E-state index contributed by atoms with van der Waals surface area (Å²) >= 11 is 3.78. The fourth-order valence-electron chi connectivity index (χ4n) is 6.01. The molecule has 0 saturated carbocycles. The van der Waals surface area contributed by atoms with Crippen molar-refractivity contribution in [2.45, 2.75) is 5.41 Å². The van der Waals surface area contributed by atoms with E-state index in [0.717, 1.165) is 4.47 Å². The number of hydrogen-bond acceptors (Lipinski definition) is 0. The van der Waals surface area contributed by atoms with E-state index in [1.54, 1.807) is 0 Å². The van der Waals surface area contributed by atoms with E-state index in [2.05, 4.69) is 155 Å². The molecule has 0 unspecified atom stereocenters. The van der Waals surface area contributed by atoms with Crippen molar-refractivity contribution in [3.8, 4) is 22.3 Å². The smallest absolute Gasteiger partial charge is 0.0622 e. The lowest BCUT2D eigenvalue weighted by Crippen LogP contribution is -2.28. The summed E-state index contributed by atoms with van der Waals surface area (Å²) in [5, 5.41) is 2.53. The van der Waals surface area contributed by atoms with Crippen molar-refractivity contribution in [1.82, 2.24) is 0 Å². The van der Waals surface area contributed by atoms with E-state index < -0.39 is 5.41 Å². The second-order valence-electron chi connectivity index (χ2n) is 9.49. The molecule has 0 saturated heterocycles. The van der Waals surface area contributed by atoms with Gasteiger partial charge in [0.25, 0.3) is 0 Å². The minimum atomic E-state index is -0.399. The van der Waals surface area contributed by atoms with Crippen LogP contribution in [0.3, 0.4) is 0 Å². The molecule has 1 heteroatoms. The second kappa shape index (κ2) is 8.33. The van der Waals surface area contributed by atoms with Crippen molar-refractivity contribution in [1.29, 1.82) is 0 Å². The highest BCUT2D eigenvalue weighted by atomic mass is 79.9. The van der Waals surface area contributed by atoms with Crippen molar-refractivity contribution < 1.29 is 0 Å². The minimum Gasteiger partial charge on any atom is -0.0622 e. The Labute approximate surface area is 220 Å². The second-order valence-corrected chi connectivity index (χ2v) is 10.4. The fourth-order valence-corrected chi connectivity index (χ4v) is 6.37. The van der Waals surface area contributed by atoms with Crippen molar-refractivity contribution in [3.63, 3.8) is 0 Å². The number of hydrogen-bond donors (Lipinski definition) is 0. The standard InChI is InChI=1S/C35H23Br/c36-30-18-20-32-31-19-17-27(26-16-15-24-9-7-8-10-25(24)21-26)22-33(31)35(34(32)23-30,28-11-3-1-4-12-28)29-13-5-2-6-14-29/h1-23H. The Kier molecular flexibility index (Phi) is 4.94. The highest BCUT2D eigenvalue weighted by Crippen LogP contribution is 2.57. The number of halogens is 1. The molecule has 0 nitrogen and oxygen atoms in total. The van der Waals surface area contributed by atoms with Gasteiger partial charge in [0.15, 0.2) is 0 Å². The molecule has 0 radical (unpaired) electrons. The van der Waals surface area contributed by atoms with Gasteiger partial charge in [0.2, 0.25) is 0 Å². The lowest BCUT2D eigenvalue weighted by atomic mass is 9.67. The quantitative estimate of drug-likeness (QED) is 0.216. The van der Waals surface area contributed by atoms with Gasteiger partial charge in [-0.3, -0.25) is 0 Å². The molecule has 36 heavy (non-hydrogen) atoms. The van der Waals surface area contributed by atoms with E-state index in [-0.39, 0.29) is 0 Å². The molecule has 0 amide bonds. The first-order valence-corrected chi connectivity index (χ1v) is 13.1. The van der Waals surface area contributed by atoms with Crippen molar-refractivity contribution in [2.75, 3.05) is 0 Å². The number of rotatable bonds is 3. The van der Waals surface area contributed by atoms with Gasteiger partial charge in [0.1, 0.15) is 0 Å². The fraction of sp³-hybridized carbons (Fsp3) is 0.0286. The Balaban J connectivity index is 1.56. The number of fused-ring (bicyclic) bond motifs is 4. The van der Waals surface area contributed by atoms with E-state index in [4.69, 9.17) is 0 Å². The first kappa shape index (κ1) is 21.4. The predicted molar refractivity (Wildman–Crippen MR) is 154 cm³/mol. The van der Waals surface area contributed by atoms with Crippen molar-refractivity contribution in [3.05, 3.63) is 166 Å². The molecule has 7 rings (SSSR count). The molecule has 0 spiro atoms. The first-order chi connectivity index (χ1) is 17.7. The summed E-state index contributed by atoms with van der Waals surface area (Å²) in [5.41, 5.74) is 9.89. The lowest BCUT2D eigenvalue weighted by molar-refractivity contribution is 0.768. The maximum atomic E-state index is 3.78. The summed E-state index contributed by atoms with van der Waals surface area (Å²) in [6.07, 6.45) is 0. The van der Waals surface area contributed by atoms with Crippen LogP contribution in [-0.2, 0) is 5.41 Å². The third kappa shape index (κ3) is 3.13. The summed E-state index contributed by atoms with van der Waals surface area (Å²) in [7, 11) is 0. The molecule has 0 aliphatic heterocycles. The Morgan fingerprint density at radius 1 is 0.417 bits per heavy atom. The normalized spacial score (nSPS) is 13.4. The van der Waals surface area contributed by atoms with Gasteiger partial charge in [-0.15, -0.1) is 0 Å². The molecule has 6 aromatic rings. The molecule has 6 aromatic carbocycles. The molecule has 0 heterocycles. The third-order valence-corrected chi connectivity index (χ3v) is 8.09. The average molecular weight is 523 g/mol. The molecule has 0 N–H and O–H groups in total. The molecule has 0 atom stereocenters. The Bertz CT molecular complexity index is 1690.